The number of carbonyl (C=O) groups is 4. The number of nitrogens with zero attached hydrogens (tertiary/aromatic N) is 2. The highest BCUT2D eigenvalue weighted by atomic mass is 16.7. The molecule has 12 nitrogen and oxygen atoms in total. The fourth-order valence-electron chi connectivity index (χ4n) is 2.84. The molecular weight excluding hydrogens is 432 g/mol. The molecule has 1 saturated heterocycles. The number of anilines is 1. The summed E-state index contributed by atoms with van der Waals surface area (Å²) in [5.74, 6) is -0.620. The Kier molecular flexibility index (Phi) is 9.01. The molecule has 1 aliphatic rings. The second kappa shape index (κ2) is 11.7. The molecule has 1 heterocycles. The van der Waals surface area contributed by atoms with Gasteiger partial charge in [-0.15, -0.1) is 5.59 Å². The first kappa shape index (κ1) is 25.4. The van der Waals surface area contributed by atoms with Gasteiger partial charge in [-0.05, 0) is 29.5 Å². The second-order valence-electron chi connectivity index (χ2n) is 8.56. The third kappa shape index (κ3) is 9.05. The second-order valence-corrected chi connectivity index (χ2v) is 8.56. The van der Waals surface area contributed by atoms with Crippen molar-refractivity contribution in [2.45, 2.75) is 39.7 Å². The van der Waals surface area contributed by atoms with Crippen molar-refractivity contribution >= 4 is 35.9 Å². The molecule has 1 fully saturated rings. The molecule has 5 N–H and O–H groups in total. The zero-order chi connectivity index (χ0) is 24.4. The van der Waals surface area contributed by atoms with Gasteiger partial charge in [0.15, 0.2) is 0 Å². The summed E-state index contributed by atoms with van der Waals surface area (Å²) in [4.78, 5) is 52.7. The molecule has 1 atom stereocenters. The number of primary amides is 1. The molecule has 2 rings (SSSR count). The zero-order valence-electron chi connectivity index (χ0n) is 18.9. The Hall–Kier alpha value is -3.83. The average molecular weight is 463 g/mol. The van der Waals surface area contributed by atoms with Gasteiger partial charge in [0.1, 0.15) is 6.04 Å². The van der Waals surface area contributed by atoms with Gasteiger partial charge >= 0.3 is 18.1 Å². The topological polar surface area (TPSA) is 164 Å². The number of esters is 1. The number of rotatable bonds is 9. The summed E-state index contributed by atoms with van der Waals surface area (Å²) in [5.41, 5.74) is 8.06. The van der Waals surface area contributed by atoms with Crippen molar-refractivity contribution in [1.82, 2.24) is 16.2 Å². The minimum Gasteiger partial charge on any atom is -0.465 e. The number of hydrogen-bond donors (Lipinski definition) is 4. The Morgan fingerprint density at radius 1 is 1.24 bits per heavy atom. The maximum Gasteiger partial charge on any atom is 0.430 e. The largest absolute Gasteiger partial charge is 0.465 e. The van der Waals surface area contributed by atoms with Crippen molar-refractivity contribution < 1.29 is 28.8 Å². The average Bonchev–Trinajstić information content (AvgIpc) is 3.09. The summed E-state index contributed by atoms with van der Waals surface area (Å²) in [6.45, 7) is 6.74. The number of ether oxygens (including phenoxy) is 1. The molecule has 0 aliphatic carbocycles. The van der Waals surface area contributed by atoms with Crippen LogP contribution < -0.4 is 26.9 Å². The van der Waals surface area contributed by atoms with Crippen LogP contribution in [0.4, 0.5) is 15.3 Å². The summed E-state index contributed by atoms with van der Waals surface area (Å²) in [6, 6.07) is 5.75. The van der Waals surface area contributed by atoms with Gasteiger partial charge in [-0.1, -0.05) is 32.9 Å². The maximum atomic E-state index is 12.7. The predicted molar refractivity (Wildman–Crippen MR) is 120 cm³/mol. The van der Waals surface area contributed by atoms with E-state index in [4.69, 9.17) is 10.5 Å². The van der Waals surface area contributed by atoms with Crippen LogP contribution >= 0.6 is 0 Å². The first-order valence-corrected chi connectivity index (χ1v) is 10.4. The van der Waals surface area contributed by atoms with Gasteiger partial charge < -0.3 is 30.8 Å². The van der Waals surface area contributed by atoms with Crippen molar-refractivity contribution in [3.8, 4) is 0 Å². The fraction of sp³-hybridized carbons (Fsp3) is 0.476. The number of urea groups is 1. The van der Waals surface area contributed by atoms with E-state index in [1.54, 1.807) is 29.2 Å². The molecule has 0 spiro atoms. The minimum absolute atomic E-state index is 0.0497. The summed E-state index contributed by atoms with van der Waals surface area (Å²) in [5, 5.41) is 8.87. The highest BCUT2D eigenvalue weighted by Gasteiger charge is 2.33. The lowest BCUT2D eigenvalue weighted by molar-refractivity contribution is -0.146. The molecule has 1 aliphatic heterocycles. The summed E-state index contributed by atoms with van der Waals surface area (Å²) in [7, 11) is 0. The van der Waals surface area contributed by atoms with Crippen LogP contribution in [0.15, 0.2) is 29.4 Å². The van der Waals surface area contributed by atoms with E-state index >= 15 is 0 Å². The monoisotopic (exact) mass is 462 g/mol. The number of amides is 4. The third-order valence-corrected chi connectivity index (χ3v) is 4.41. The molecule has 0 bridgehead atoms. The molecule has 4 amide bonds. The van der Waals surface area contributed by atoms with Crippen molar-refractivity contribution in [3.05, 3.63) is 29.8 Å². The molecule has 0 unspecified atom stereocenters. The first-order valence-electron chi connectivity index (χ1n) is 10.4. The Morgan fingerprint density at radius 3 is 2.58 bits per heavy atom. The van der Waals surface area contributed by atoms with Crippen molar-refractivity contribution in [2.24, 2.45) is 16.3 Å². The van der Waals surface area contributed by atoms with E-state index in [0.717, 1.165) is 0 Å². The SMILES string of the molecule is CC(C)(C)COC(=O)CCNC(=O)N[C@H]1CCN(c2ccc(C=NNOC(N)=O)cc2)C1=O. The molecular formula is C21H30N6O6. The van der Waals surface area contributed by atoms with Gasteiger partial charge in [-0.2, -0.15) is 5.10 Å². The number of nitrogens with one attached hydrogen (secondary N) is 3. The lowest BCUT2D eigenvalue weighted by Crippen LogP contribution is -2.46. The Bertz CT molecular complexity index is 880. The van der Waals surface area contributed by atoms with E-state index in [-0.39, 0.29) is 24.3 Å². The quantitative estimate of drug-likeness (QED) is 0.241. The predicted octanol–water partition coefficient (Wildman–Crippen LogP) is 1.00. The molecule has 12 heteroatoms. The molecule has 1 aromatic carbocycles. The molecule has 33 heavy (non-hydrogen) atoms. The van der Waals surface area contributed by atoms with Gasteiger partial charge in [-0.25, -0.2) is 9.59 Å². The summed E-state index contributed by atoms with van der Waals surface area (Å²) >= 11 is 0. The van der Waals surface area contributed by atoms with E-state index in [9.17, 15) is 19.2 Å². The number of hydrazone groups is 1. The smallest absolute Gasteiger partial charge is 0.430 e. The summed E-state index contributed by atoms with van der Waals surface area (Å²) < 4.78 is 5.14. The third-order valence-electron chi connectivity index (χ3n) is 4.41. The maximum absolute atomic E-state index is 12.7. The van der Waals surface area contributed by atoms with Crippen LogP contribution in [-0.2, 0) is 19.2 Å². The van der Waals surface area contributed by atoms with E-state index in [1.807, 2.05) is 26.4 Å². The first-order chi connectivity index (χ1) is 15.5. The van der Waals surface area contributed by atoms with Gasteiger partial charge in [0.05, 0.1) is 19.2 Å². The van der Waals surface area contributed by atoms with Crippen molar-refractivity contribution in [2.75, 3.05) is 24.6 Å². The van der Waals surface area contributed by atoms with Gasteiger partial charge in [0.25, 0.3) is 0 Å². The lowest BCUT2D eigenvalue weighted by Gasteiger charge is -2.18. The van der Waals surface area contributed by atoms with Crippen LogP contribution in [-0.4, -0.2) is 56.0 Å². The van der Waals surface area contributed by atoms with Crippen LogP contribution in [0.1, 0.15) is 39.2 Å². The Morgan fingerprint density at radius 2 is 1.94 bits per heavy atom. The number of hydrogen-bond acceptors (Lipinski definition) is 8. The molecule has 180 valence electrons. The highest BCUT2D eigenvalue weighted by molar-refractivity contribution is 6.01. The minimum atomic E-state index is -1.01. The number of nitrogens with two attached hydrogens (primary N) is 1. The number of benzene rings is 1. The Balaban J connectivity index is 1.76. The molecule has 0 saturated carbocycles. The van der Waals surface area contributed by atoms with Gasteiger partial charge in [0, 0.05) is 18.8 Å². The number of carbonyl (C=O) groups excluding carboxylic acids is 4. The fourth-order valence-corrected chi connectivity index (χ4v) is 2.84. The summed E-state index contributed by atoms with van der Waals surface area (Å²) in [6.07, 6.45) is 0.906. The van der Waals surface area contributed by atoms with Gasteiger partial charge in [0.2, 0.25) is 5.91 Å². The molecule has 0 radical (unpaired) electrons. The van der Waals surface area contributed by atoms with Crippen molar-refractivity contribution in [3.63, 3.8) is 0 Å². The zero-order valence-corrected chi connectivity index (χ0v) is 18.9. The normalized spacial score (nSPS) is 15.9. The van der Waals surface area contributed by atoms with E-state index in [1.165, 1.54) is 6.21 Å². The lowest BCUT2D eigenvalue weighted by atomic mass is 9.99. The van der Waals surface area contributed by atoms with Crippen LogP contribution in [0.2, 0.25) is 0 Å². The van der Waals surface area contributed by atoms with Crippen molar-refractivity contribution in [1.29, 1.82) is 0 Å². The molecule has 0 aromatic heterocycles. The van der Waals surface area contributed by atoms with E-state index in [2.05, 4.69) is 20.6 Å². The van der Waals surface area contributed by atoms with E-state index < -0.39 is 24.1 Å². The van der Waals surface area contributed by atoms with Crippen LogP contribution in [0.5, 0.6) is 0 Å². The van der Waals surface area contributed by atoms with Crippen LogP contribution in [0.3, 0.4) is 0 Å². The standard InChI is InChI=1S/C21H30N6O6/c1-21(2,3)13-32-17(28)8-10-23-20(31)25-16-9-11-27(18(16)29)15-6-4-14(5-7-15)12-24-26-33-19(22)30/h4-7,12,16,26H,8-11,13H2,1-3H3,(H2,22,30)(H2,23,25,31)/t16-/m0/s1. The van der Waals surface area contributed by atoms with Crippen LogP contribution in [0.25, 0.3) is 0 Å². The highest BCUT2D eigenvalue weighted by Crippen LogP contribution is 2.22. The Labute approximate surface area is 191 Å². The van der Waals surface area contributed by atoms with Crippen LogP contribution in [0, 0.1) is 5.41 Å². The van der Waals surface area contributed by atoms with E-state index in [0.29, 0.717) is 30.8 Å². The molecule has 1 aromatic rings. The van der Waals surface area contributed by atoms with Gasteiger partial charge in [-0.3, -0.25) is 9.59 Å².